The zero-order valence-corrected chi connectivity index (χ0v) is 11.2. The van der Waals surface area contributed by atoms with Gasteiger partial charge in [0.1, 0.15) is 5.75 Å². The Hall–Kier alpha value is -2.24. The Morgan fingerprint density at radius 2 is 1.79 bits per heavy atom. The summed E-state index contributed by atoms with van der Waals surface area (Å²) < 4.78 is 5.29. The van der Waals surface area contributed by atoms with E-state index >= 15 is 0 Å². The summed E-state index contributed by atoms with van der Waals surface area (Å²) in [7, 11) is 0. The summed E-state index contributed by atoms with van der Waals surface area (Å²) in [5.74, 6) is 0.528. The van der Waals surface area contributed by atoms with Gasteiger partial charge in [-0.05, 0) is 38.1 Å². The van der Waals surface area contributed by atoms with E-state index in [0.717, 1.165) is 5.75 Å². The summed E-state index contributed by atoms with van der Waals surface area (Å²) in [6, 6.07) is 6.58. The number of amides is 3. The second kappa shape index (κ2) is 7.97. The standard InChI is InChI=1S/C13H19N3O3/c1-3-14-12(17)9-15-13(18)16-10-5-7-11(8-6-10)19-4-2/h5-8H,3-4,9H2,1-2H3,(H,14,17)(H2,15,16,18). The van der Waals surface area contributed by atoms with Crippen molar-refractivity contribution in [3.8, 4) is 5.75 Å². The van der Waals surface area contributed by atoms with Crippen LogP contribution in [-0.2, 0) is 4.79 Å². The molecule has 0 saturated heterocycles. The molecule has 6 nitrogen and oxygen atoms in total. The van der Waals surface area contributed by atoms with Crippen molar-refractivity contribution in [3.05, 3.63) is 24.3 Å². The van der Waals surface area contributed by atoms with Crippen molar-refractivity contribution in [3.63, 3.8) is 0 Å². The van der Waals surface area contributed by atoms with Gasteiger partial charge in [-0.2, -0.15) is 0 Å². The number of nitrogens with one attached hydrogen (secondary N) is 3. The maximum Gasteiger partial charge on any atom is 0.319 e. The molecule has 0 heterocycles. The molecule has 19 heavy (non-hydrogen) atoms. The Morgan fingerprint density at radius 1 is 1.11 bits per heavy atom. The van der Waals surface area contributed by atoms with Gasteiger partial charge in [-0.15, -0.1) is 0 Å². The largest absolute Gasteiger partial charge is 0.494 e. The van der Waals surface area contributed by atoms with Crippen LogP contribution in [0.15, 0.2) is 24.3 Å². The van der Waals surface area contributed by atoms with Gasteiger partial charge in [-0.25, -0.2) is 4.79 Å². The summed E-state index contributed by atoms with van der Waals surface area (Å²) >= 11 is 0. The van der Waals surface area contributed by atoms with Gasteiger partial charge in [0, 0.05) is 12.2 Å². The first kappa shape index (κ1) is 14.8. The molecule has 3 amide bonds. The molecule has 1 aromatic carbocycles. The third-order valence-corrected chi connectivity index (χ3v) is 2.21. The first-order valence-electron chi connectivity index (χ1n) is 6.20. The second-order valence-electron chi connectivity index (χ2n) is 3.72. The van der Waals surface area contributed by atoms with Gasteiger partial charge in [-0.3, -0.25) is 4.79 Å². The van der Waals surface area contributed by atoms with Crippen LogP contribution in [-0.4, -0.2) is 31.6 Å². The van der Waals surface area contributed by atoms with Crippen LogP contribution in [0.1, 0.15) is 13.8 Å². The SMILES string of the molecule is CCNC(=O)CNC(=O)Nc1ccc(OCC)cc1. The first-order chi connectivity index (χ1) is 9.15. The summed E-state index contributed by atoms with van der Waals surface area (Å²) in [6.45, 7) is 4.82. The van der Waals surface area contributed by atoms with Crippen molar-refractivity contribution in [2.75, 3.05) is 25.0 Å². The van der Waals surface area contributed by atoms with Crippen molar-refractivity contribution in [1.29, 1.82) is 0 Å². The van der Waals surface area contributed by atoms with E-state index in [9.17, 15) is 9.59 Å². The van der Waals surface area contributed by atoms with Crippen LogP contribution in [0.5, 0.6) is 5.75 Å². The molecule has 1 rings (SSSR count). The van der Waals surface area contributed by atoms with Crippen molar-refractivity contribution >= 4 is 17.6 Å². The average molecular weight is 265 g/mol. The highest BCUT2D eigenvalue weighted by atomic mass is 16.5. The summed E-state index contributed by atoms with van der Waals surface area (Å²) in [4.78, 5) is 22.6. The fourth-order valence-corrected chi connectivity index (χ4v) is 1.40. The molecule has 3 N–H and O–H groups in total. The monoisotopic (exact) mass is 265 g/mol. The zero-order valence-electron chi connectivity index (χ0n) is 11.2. The number of anilines is 1. The van der Waals surface area contributed by atoms with E-state index in [0.29, 0.717) is 18.8 Å². The van der Waals surface area contributed by atoms with E-state index in [1.54, 1.807) is 24.3 Å². The van der Waals surface area contributed by atoms with E-state index in [-0.39, 0.29) is 12.5 Å². The van der Waals surface area contributed by atoms with Crippen LogP contribution in [0.3, 0.4) is 0 Å². The lowest BCUT2D eigenvalue weighted by Crippen LogP contribution is -2.38. The Bertz CT molecular complexity index is 418. The Labute approximate surface area is 112 Å². The number of ether oxygens (including phenoxy) is 1. The Balaban J connectivity index is 2.37. The summed E-state index contributed by atoms with van der Waals surface area (Å²) in [6.07, 6.45) is 0. The van der Waals surface area contributed by atoms with Gasteiger partial charge in [-0.1, -0.05) is 0 Å². The van der Waals surface area contributed by atoms with Gasteiger partial charge < -0.3 is 20.7 Å². The summed E-state index contributed by atoms with van der Waals surface area (Å²) in [5.41, 5.74) is 0.636. The second-order valence-corrected chi connectivity index (χ2v) is 3.72. The van der Waals surface area contributed by atoms with E-state index in [1.807, 2.05) is 13.8 Å². The minimum Gasteiger partial charge on any atom is -0.494 e. The topological polar surface area (TPSA) is 79.5 Å². The zero-order chi connectivity index (χ0) is 14.1. The van der Waals surface area contributed by atoms with Gasteiger partial charge in [0.05, 0.1) is 13.2 Å². The number of carbonyl (C=O) groups excluding carboxylic acids is 2. The highest BCUT2D eigenvalue weighted by molar-refractivity contribution is 5.92. The highest BCUT2D eigenvalue weighted by Crippen LogP contribution is 2.15. The van der Waals surface area contributed by atoms with Crippen LogP contribution >= 0.6 is 0 Å². The number of hydrogen-bond acceptors (Lipinski definition) is 3. The number of rotatable bonds is 6. The molecule has 6 heteroatoms. The van der Waals surface area contributed by atoms with Crippen LogP contribution in [0.2, 0.25) is 0 Å². The van der Waals surface area contributed by atoms with Crippen LogP contribution in [0.4, 0.5) is 10.5 Å². The molecule has 104 valence electrons. The predicted octanol–water partition coefficient (Wildman–Crippen LogP) is 1.34. The lowest BCUT2D eigenvalue weighted by molar-refractivity contribution is -0.119. The number of likely N-dealkylation sites (N-methyl/N-ethyl adjacent to an activating group) is 1. The van der Waals surface area contributed by atoms with Gasteiger partial charge in [0.25, 0.3) is 0 Å². The van der Waals surface area contributed by atoms with Crippen LogP contribution in [0.25, 0.3) is 0 Å². The summed E-state index contributed by atoms with van der Waals surface area (Å²) in [5, 5.41) is 7.67. The molecule has 0 aliphatic rings. The molecular formula is C13H19N3O3. The Morgan fingerprint density at radius 3 is 2.37 bits per heavy atom. The lowest BCUT2D eigenvalue weighted by Gasteiger charge is -2.08. The molecule has 0 atom stereocenters. The molecule has 0 radical (unpaired) electrons. The number of benzene rings is 1. The maximum atomic E-state index is 11.5. The van der Waals surface area contributed by atoms with Gasteiger partial charge in [0.15, 0.2) is 0 Å². The number of carbonyl (C=O) groups is 2. The fraction of sp³-hybridized carbons (Fsp3) is 0.385. The van der Waals surface area contributed by atoms with Crippen LogP contribution in [0, 0.1) is 0 Å². The van der Waals surface area contributed by atoms with E-state index < -0.39 is 6.03 Å². The molecule has 1 aromatic rings. The molecule has 0 bridgehead atoms. The van der Waals surface area contributed by atoms with Crippen LogP contribution < -0.4 is 20.7 Å². The van der Waals surface area contributed by atoms with Crippen molar-refractivity contribution < 1.29 is 14.3 Å². The van der Waals surface area contributed by atoms with Crippen molar-refractivity contribution in [2.24, 2.45) is 0 Å². The number of hydrogen-bond donors (Lipinski definition) is 3. The van der Waals surface area contributed by atoms with Crippen molar-refractivity contribution in [2.45, 2.75) is 13.8 Å². The highest BCUT2D eigenvalue weighted by Gasteiger charge is 2.04. The fourth-order valence-electron chi connectivity index (χ4n) is 1.40. The molecule has 0 aromatic heterocycles. The minimum atomic E-state index is -0.421. The number of urea groups is 1. The molecule has 0 saturated carbocycles. The molecule has 0 aliphatic carbocycles. The maximum absolute atomic E-state index is 11.5. The molecule has 0 aliphatic heterocycles. The average Bonchev–Trinajstić information content (AvgIpc) is 2.39. The smallest absolute Gasteiger partial charge is 0.319 e. The first-order valence-corrected chi connectivity index (χ1v) is 6.20. The lowest BCUT2D eigenvalue weighted by atomic mass is 10.3. The van der Waals surface area contributed by atoms with Gasteiger partial charge in [0.2, 0.25) is 5.91 Å². The predicted molar refractivity (Wildman–Crippen MR) is 73.3 cm³/mol. The molecule has 0 fully saturated rings. The minimum absolute atomic E-state index is 0.0449. The third kappa shape index (κ3) is 5.76. The molecule has 0 unspecified atom stereocenters. The third-order valence-electron chi connectivity index (χ3n) is 2.21. The van der Waals surface area contributed by atoms with E-state index in [4.69, 9.17) is 4.74 Å². The van der Waals surface area contributed by atoms with Gasteiger partial charge >= 0.3 is 6.03 Å². The van der Waals surface area contributed by atoms with E-state index in [1.165, 1.54) is 0 Å². The van der Waals surface area contributed by atoms with E-state index in [2.05, 4.69) is 16.0 Å². The van der Waals surface area contributed by atoms with Crippen molar-refractivity contribution in [1.82, 2.24) is 10.6 Å². The molecular weight excluding hydrogens is 246 g/mol. The Kier molecular flexibility index (Phi) is 6.21. The normalized spacial score (nSPS) is 9.58. The molecule has 0 spiro atoms. The quantitative estimate of drug-likeness (QED) is 0.726.